The first-order valence-electron chi connectivity index (χ1n) is 6.79. The molecule has 4 rings (SSSR count). The van der Waals surface area contributed by atoms with Gasteiger partial charge in [0.1, 0.15) is 6.61 Å². The molecule has 0 saturated heterocycles. The molecule has 3 nitrogen and oxygen atoms in total. The van der Waals surface area contributed by atoms with E-state index in [1.165, 1.54) is 16.0 Å². The number of rotatable bonds is 3. The number of hydrogen-bond acceptors (Lipinski definition) is 5. The summed E-state index contributed by atoms with van der Waals surface area (Å²) in [5, 5.41) is 3.58. The Labute approximate surface area is 134 Å². The fourth-order valence-corrected chi connectivity index (χ4v) is 4.12. The zero-order valence-corrected chi connectivity index (χ0v) is 13.1. The van der Waals surface area contributed by atoms with Crippen LogP contribution < -0.4 is 0 Å². The highest BCUT2D eigenvalue weighted by Crippen LogP contribution is 2.27. The number of fused-ring (bicyclic) bond motifs is 2. The Hall–Kier alpha value is -2.24. The van der Waals surface area contributed by atoms with Gasteiger partial charge in [-0.1, -0.05) is 30.3 Å². The first-order valence-corrected chi connectivity index (χ1v) is 8.49. The van der Waals surface area contributed by atoms with E-state index in [2.05, 4.69) is 11.1 Å². The van der Waals surface area contributed by atoms with Gasteiger partial charge in [0.25, 0.3) is 0 Å². The fourth-order valence-electron chi connectivity index (χ4n) is 2.31. The van der Waals surface area contributed by atoms with E-state index >= 15 is 0 Å². The number of benzene rings is 2. The van der Waals surface area contributed by atoms with Crippen molar-refractivity contribution < 1.29 is 9.53 Å². The van der Waals surface area contributed by atoms with Crippen LogP contribution in [0.3, 0.4) is 0 Å². The van der Waals surface area contributed by atoms with Crippen LogP contribution in [0.25, 0.3) is 20.3 Å². The van der Waals surface area contributed by atoms with E-state index in [0.29, 0.717) is 5.01 Å². The first-order chi connectivity index (χ1) is 10.8. The normalized spacial score (nSPS) is 11.1. The van der Waals surface area contributed by atoms with Gasteiger partial charge in [-0.05, 0) is 29.0 Å². The number of esters is 1. The standard InChI is InChI=1S/C17H11NO2S2/c19-17(16-18-13-6-2-4-8-15(13)22-16)20-9-11-10-21-14-7-3-1-5-12(11)14/h1-8,10H,9H2. The van der Waals surface area contributed by atoms with Crippen LogP contribution in [0, 0.1) is 0 Å². The van der Waals surface area contributed by atoms with Crippen molar-refractivity contribution in [2.75, 3.05) is 0 Å². The second-order valence-electron chi connectivity index (χ2n) is 4.82. The fraction of sp³-hybridized carbons (Fsp3) is 0.0588. The molecular formula is C17H11NO2S2. The predicted molar refractivity (Wildman–Crippen MR) is 90.6 cm³/mol. The molecule has 4 aromatic rings. The Balaban J connectivity index is 1.54. The van der Waals surface area contributed by atoms with Gasteiger partial charge in [-0.15, -0.1) is 22.7 Å². The molecule has 0 spiro atoms. The second-order valence-corrected chi connectivity index (χ2v) is 6.76. The summed E-state index contributed by atoms with van der Waals surface area (Å²) in [6.45, 7) is 0.277. The Bertz CT molecular complexity index is 938. The molecular weight excluding hydrogens is 314 g/mol. The van der Waals surface area contributed by atoms with Crippen molar-refractivity contribution in [2.24, 2.45) is 0 Å². The lowest BCUT2D eigenvalue weighted by atomic mass is 10.2. The Morgan fingerprint density at radius 1 is 1.05 bits per heavy atom. The number of hydrogen-bond donors (Lipinski definition) is 0. The lowest BCUT2D eigenvalue weighted by Crippen LogP contribution is -2.04. The van der Waals surface area contributed by atoms with E-state index in [0.717, 1.165) is 21.2 Å². The van der Waals surface area contributed by atoms with Crippen molar-refractivity contribution in [1.29, 1.82) is 0 Å². The lowest BCUT2D eigenvalue weighted by Gasteiger charge is -2.01. The molecule has 0 N–H and O–H groups in total. The minimum absolute atomic E-state index is 0.277. The quantitative estimate of drug-likeness (QED) is 0.505. The number of para-hydroxylation sites is 1. The predicted octanol–water partition coefficient (Wildman–Crippen LogP) is 4.87. The number of ether oxygens (including phenoxy) is 1. The third-order valence-corrected chi connectivity index (χ3v) is 5.42. The van der Waals surface area contributed by atoms with Crippen LogP contribution in [0.1, 0.15) is 15.4 Å². The molecule has 0 unspecified atom stereocenters. The van der Waals surface area contributed by atoms with Crippen LogP contribution in [0.5, 0.6) is 0 Å². The van der Waals surface area contributed by atoms with E-state index in [9.17, 15) is 4.79 Å². The van der Waals surface area contributed by atoms with Crippen molar-refractivity contribution >= 4 is 48.9 Å². The third kappa shape index (κ3) is 2.38. The van der Waals surface area contributed by atoms with Gasteiger partial charge >= 0.3 is 5.97 Å². The molecule has 0 aliphatic rings. The molecule has 0 aliphatic heterocycles. The van der Waals surface area contributed by atoms with Crippen LogP contribution in [-0.2, 0) is 11.3 Å². The number of aromatic nitrogens is 1. The van der Waals surface area contributed by atoms with Gasteiger partial charge in [-0.3, -0.25) is 0 Å². The maximum Gasteiger partial charge on any atom is 0.367 e. The van der Waals surface area contributed by atoms with Gasteiger partial charge in [0.15, 0.2) is 0 Å². The van der Waals surface area contributed by atoms with Crippen LogP contribution >= 0.6 is 22.7 Å². The molecule has 0 fully saturated rings. The van der Waals surface area contributed by atoms with Crippen molar-refractivity contribution in [3.05, 3.63) is 64.5 Å². The first kappa shape index (κ1) is 13.4. The second kappa shape index (κ2) is 5.51. The van der Waals surface area contributed by atoms with Gasteiger partial charge in [-0.2, -0.15) is 0 Å². The summed E-state index contributed by atoms with van der Waals surface area (Å²) in [4.78, 5) is 16.5. The Morgan fingerprint density at radius 3 is 2.68 bits per heavy atom. The number of carbonyl (C=O) groups is 1. The maximum atomic E-state index is 12.2. The SMILES string of the molecule is O=C(OCc1csc2ccccc12)c1nc2ccccc2s1. The van der Waals surface area contributed by atoms with E-state index in [4.69, 9.17) is 4.74 Å². The Morgan fingerprint density at radius 2 is 1.82 bits per heavy atom. The molecule has 0 atom stereocenters. The smallest absolute Gasteiger partial charge is 0.367 e. The van der Waals surface area contributed by atoms with Crippen molar-refractivity contribution in [3.63, 3.8) is 0 Å². The van der Waals surface area contributed by atoms with E-state index in [1.807, 2.05) is 47.8 Å². The molecule has 0 bridgehead atoms. The number of carbonyl (C=O) groups excluding carboxylic acids is 1. The van der Waals surface area contributed by atoms with E-state index in [1.54, 1.807) is 11.3 Å². The van der Waals surface area contributed by atoms with Crippen molar-refractivity contribution in [2.45, 2.75) is 6.61 Å². The lowest BCUT2D eigenvalue weighted by molar-refractivity contribution is 0.0474. The van der Waals surface area contributed by atoms with Gasteiger partial charge in [0, 0.05) is 10.3 Å². The molecule has 0 radical (unpaired) electrons. The average molecular weight is 325 g/mol. The van der Waals surface area contributed by atoms with E-state index in [-0.39, 0.29) is 12.6 Å². The highest BCUT2D eigenvalue weighted by Gasteiger charge is 2.14. The van der Waals surface area contributed by atoms with Crippen LogP contribution in [0.15, 0.2) is 53.9 Å². The van der Waals surface area contributed by atoms with Crippen molar-refractivity contribution in [1.82, 2.24) is 4.98 Å². The Kier molecular flexibility index (Phi) is 3.36. The topological polar surface area (TPSA) is 39.2 Å². The number of thiazole rings is 1. The summed E-state index contributed by atoms with van der Waals surface area (Å²) in [5.41, 5.74) is 1.87. The summed E-state index contributed by atoms with van der Waals surface area (Å²) in [5.74, 6) is -0.364. The van der Waals surface area contributed by atoms with Gasteiger partial charge in [0.05, 0.1) is 10.2 Å². The van der Waals surface area contributed by atoms with Crippen LogP contribution in [0.4, 0.5) is 0 Å². The summed E-state index contributed by atoms with van der Waals surface area (Å²) in [7, 11) is 0. The molecule has 2 aromatic carbocycles. The van der Waals surface area contributed by atoms with Gasteiger partial charge in [-0.25, -0.2) is 9.78 Å². The molecule has 2 aromatic heterocycles. The minimum Gasteiger partial charge on any atom is -0.455 e. The average Bonchev–Trinajstić information content (AvgIpc) is 3.16. The molecule has 5 heteroatoms. The van der Waals surface area contributed by atoms with Gasteiger partial charge < -0.3 is 4.74 Å². The summed E-state index contributed by atoms with van der Waals surface area (Å²) < 4.78 is 7.62. The highest BCUT2D eigenvalue weighted by molar-refractivity contribution is 7.20. The number of nitrogens with zero attached hydrogens (tertiary/aromatic N) is 1. The molecule has 22 heavy (non-hydrogen) atoms. The maximum absolute atomic E-state index is 12.2. The molecule has 0 saturated carbocycles. The summed E-state index contributed by atoms with van der Waals surface area (Å²) in [6.07, 6.45) is 0. The largest absolute Gasteiger partial charge is 0.455 e. The van der Waals surface area contributed by atoms with Crippen LogP contribution in [0.2, 0.25) is 0 Å². The third-order valence-electron chi connectivity index (χ3n) is 3.39. The molecule has 0 amide bonds. The molecule has 2 heterocycles. The van der Waals surface area contributed by atoms with E-state index < -0.39 is 0 Å². The van der Waals surface area contributed by atoms with Crippen molar-refractivity contribution in [3.8, 4) is 0 Å². The zero-order chi connectivity index (χ0) is 14.9. The zero-order valence-electron chi connectivity index (χ0n) is 11.5. The minimum atomic E-state index is -0.364. The number of thiophene rings is 1. The highest BCUT2D eigenvalue weighted by atomic mass is 32.1. The van der Waals surface area contributed by atoms with Gasteiger partial charge in [0.2, 0.25) is 5.01 Å². The molecule has 0 aliphatic carbocycles. The molecule has 108 valence electrons. The summed E-state index contributed by atoms with van der Waals surface area (Å²) in [6, 6.07) is 15.8. The summed E-state index contributed by atoms with van der Waals surface area (Å²) >= 11 is 3.02. The van der Waals surface area contributed by atoms with Crippen LogP contribution in [-0.4, -0.2) is 11.0 Å². The monoisotopic (exact) mass is 325 g/mol.